The molecule has 1 saturated heterocycles. The fourth-order valence-electron chi connectivity index (χ4n) is 4.92. The molecule has 172 valence electrons. The van der Waals surface area contributed by atoms with Crippen molar-refractivity contribution in [2.24, 2.45) is 5.92 Å². The number of likely N-dealkylation sites (tertiary alicyclic amines) is 1. The van der Waals surface area contributed by atoms with Crippen LogP contribution in [0, 0.1) is 12.8 Å². The Morgan fingerprint density at radius 1 is 1.03 bits per heavy atom. The third-order valence-corrected chi connectivity index (χ3v) is 8.07. The van der Waals surface area contributed by atoms with Gasteiger partial charge in [0, 0.05) is 17.8 Å². The number of methoxy groups -OCH3 is 1. The lowest BCUT2D eigenvalue weighted by atomic mass is 9.93. The van der Waals surface area contributed by atoms with E-state index in [4.69, 9.17) is 9.72 Å². The largest absolute Gasteiger partial charge is 0.497 e. The summed E-state index contributed by atoms with van der Waals surface area (Å²) in [5.41, 5.74) is 5.15. The Morgan fingerprint density at radius 3 is 2.55 bits per heavy atom. The van der Waals surface area contributed by atoms with Gasteiger partial charge in [0.1, 0.15) is 11.6 Å². The molecule has 0 unspecified atom stereocenters. The van der Waals surface area contributed by atoms with Gasteiger partial charge in [0.25, 0.3) is 0 Å². The Morgan fingerprint density at radius 2 is 1.82 bits per heavy atom. The highest BCUT2D eigenvalue weighted by molar-refractivity contribution is 7.10. The second-order valence-electron chi connectivity index (χ2n) is 9.22. The average molecular weight is 460 g/mol. The lowest BCUT2D eigenvalue weighted by Crippen LogP contribution is -2.36. The number of fused-ring (bicyclic) bond motifs is 1. The standard InChI is InChI=1S/C28H33N3OS/c1-21-14-18-33-27(21)20-31-26-6-4-3-5-25(26)29-28(31)19-23-12-16-30(17-13-23)15-11-22-7-9-24(32-2)10-8-22/h3-10,14,18,23H,11-13,15-17,19-20H2,1-2H3. The summed E-state index contributed by atoms with van der Waals surface area (Å²) in [6, 6.07) is 19.3. The number of aryl methyl sites for hydroxylation is 1. The van der Waals surface area contributed by atoms with E-state index in [1.54, 1.807) is 7.11 Å². The van der Waals surface area contributed by atoms with Crippen molar-refractivity contribution >= 4 is 22.4 Å². The summed E-state index contributed by atoms with van der Waals surface area (Å²) < 4.78 is 7.73. The minimum Gasteiger partial charge on any atom is -0.497 e. The molecule has 1 fully saturated rings. The molecule has 0 radical (unpaired) electrons. The number of ether oxygens (including phenoxy) is 1. The number of aromatic nitrogens is 2. The van der Waals surface area contributed by atoms with Crippen LogP contribution < -0.4 is 4.74 Å². The summed E-state index contributed by atoms with van der Waals surface area (Å²) >= 11 is 1.85. The van der Waals surface area contributed by atoms with Gasteiger partial charge < -0.3 is 14.2 Å². The van der Waals surface area contributed by atoms with Crippen molar-refractivity contribution in [3.63, 3.8) is 0 Å². The van der Waals surface area contributed by atoms with Crippen molar-refractivity contribution < 1.29 is 4.74 Å². The molecule has 3 heterocycles. The molecule has 1 aliphatic rings. The molecular formula is C28H33N3OS. The zero-order valence-corrected chi connectivity index (χ0v) is 20.5. The van der Waals surface area contributed by atoms with Gasteiger partial charge in [-0.2, -0.15) is 0 Å². The Bertz CT molecular complexity index is 1190. The molecule has 1 aliphatic heterocycles. The normalized spacial score (nSPS) is 15.3. The van der Waals surface area contributed by atoms with Gasteiger partial charge in [0.2, 0.25) is 0 Å². The second-order valence-corrected chi connectivity index (χ2v) is 10.2. The second kappa shape index (κ2) is 10.1. The van der Waals surface area contributed by atoms with Crippen molar-refractivity contribution in [2.45, 2.75) is 39.2 Å². The molecule has 0 spiro atoms. The SMILES string of the molecule is COc1ccc(CCN2CCC(Cc3nc4ccccc4n3Cc3sccc3C)CC2)cc1. The number of imidazole rings is 1. The van der Waals surface area contributed by atoms with Crippen LogP contribution in [-0.2, 0) is 19.4 Å². The molecular weight excluding hydrogens is 426 g/mol. The minimum atomic E-state index is 0.710. The molecule has 0 saturated carbocycles. The zero-order chi connectivity index (χ0) is 22.6. The summed E-state index contributed by atoms with van der Waals surface area (Å²) in [6.45, 7) is 6.65. The number of nitrogens with zero attached hydrogens (tertiary/aromatic N) is 3. The molecule has 2 aromatic heterocycles. The van der Waals surface area contributed by atoms with Crippen molar-refractivity contribution in [2.75, 3.05) is 26.7 Å². The monoisotopic (exact) mass is 459 g/mol. The molecule has 5 heteroatoms. The predicted octanol–water partition coefficient (Wildman–Crippen LogP) is 5.96. The van der Waals surface area contributed by atoms with Gasteiger partial charge >= 0.3 is 0 Å². The van der Waals surface area contributed by atoms with Crippen LogP contribution >= 0.6 is 11.3 Å². The first kappa shape index (κ1) is 22.2. The first-order valence-corrected chi connectivity index (χ1v) is 12.9. The Labute approximate surface area is 200 Å². The molecule has 0 bridgehead atoms. The molecule has 0 amide bonds. The smallest absolute Gasteiger partial charge is 0.118 e. The van der Waals surface area contributed by atoms with Crippen LogP contribution in [0.2, 0.25) is 0 Å². The lowest BCUT2D eigenvalue weighted by molar-refractivity contribution is 0.184. The highest BCUT2D eigenvalue weighted by Crippen LogP contribution is 2.27. The number of hydrogen-bond donors (Lipinski definition) is 0. The zero-order valence-electron chi connectivity index (χ0n) is 19.7. The van der Waals surface area contributed by atoms with E-state index in [0.717, 1.165) is 37.2 Å². The Hall–Kier alpha value is -2.63. The van der Waals surface area contributed by atoms with E-state index in [1.807, 2.05) is 11.3 Å². The third kappa shape index (κ3) is 5.15. The van der Waals surface area contributed by atoms with Crippen LogP contribution in [0.1, 0.15) is 34.7 Å². The summed E-state index contributed by atoms with van der Waals surface area (Å²) in [7, 11) is 1.72. The summed E-state index contributed by atoms with van der Waals surface area (Å²) in [5, 5.41) is 2.20. The predicted molar refractivity (Wildman–Crippen MR) is 137 cm³/mol. The number of rotatable bonds is 8. The van der Waals surface area contributed by atoms with E-state index in [2.05, 4.69) is 76.4 Å². The number of thiophene rings is 1. The van der Waals surface area contributed by atoms with Gasteiger partial charge in [0.15, 0.2) is 0 Å². The van der Waals surface area contributed by atoms with E-state index >= 15 is 0 Å². The Kier molecular flexibility index (Phi) is 6.79. The number of benzene rings is 2. The molecule has 33 heavy (non-hydrogen) atoms. The molecule has 0 atom stereocenters. The highest BCUT2D eigenvalue weighted by atomic mass is 32.1. The van der Waals surface area contributed by atoms with Gasteiger partial charge in [-0.25, -0.2) is 4.98 Å². The lowest BCUT2D eigenvalue weighted by Gasteiger charge is -2.32. The van der Waals surface area contributed by atoms with Crippen LogP contribution in [-0.4, -0.2) is 41.2 Å². The third-order valence-electron chi connectivity index (χ3n) is 7.06. The van der Waals surface area contributed by atoms with Crippen molar-refractivity contribution in [1.82, 2.24) is 14.5 Å². The van der Waals surface area contributed by atoms with Gasteiger partial charge in [-0.15, -0.1) is 11.3 Å². The molecule has 0 N–H and O–H groups in total. The summed E-state index contributed by atoms with van der Waals surface area (Å²) in [6.07, 6.45) is 4.68. The summed E-state index contributed by atoms with van der Waals surface area (Å²) in [4.78, 5) is 9.13. The van der Waals surface area contributed by atoms with E-state index in [0.29, 0.717) is 5.92 Å². The van der Waals surface area contributed by atoms with Crippen LogP contribution in [0.3, 0.4) is 0 Å². The fourth-order valence-corrected chi connectivity index (χ4v) is 5.81. The van der Waals surface area contributed by atoms with E-state index in [9.17, 15) is 0 Å². The van der Waals surface area contributed by atoms with Gasteiger partial charge in [-0.1, -0.05) is 24.3 Å². The summed E-state index contributed by atoms with van der Waals surface area (Å²) in [5.74, 6) is 2.89. The first-order valence-electron chi connectivity index (χ1n) is 12.0. The topological polar surface area (TPSA) is 30.3 Å². The molecule has 5 rings (SSSR count). The maximum atomic E-state index is 5.27. The van der Waals surface area contributed by atoms with E-state index in [-0.39, 0.29) is 0 Å². The van der Waals surface area contributed by atoms with Crippen LogP contribution in [0.4, 0.5) is 0 Å². The molecule has 0 aliphatic carbocycles. The molecule has 2 aromatic carbocycles. The quantitative estimate of drug-likeness (QED) is 0.326. The van der Waals surface area contributed by atoms with Gasteiger partial charge in [-0.05, 0) is 92.0 Å². The maximum Gasteiger partial charge on any atom is 0.118 e. The number of para-hydroxylation sites is 2. The molecule has 4 aromatic rings. The first-order chi connectivity index (χ1) is 16.2. The van der Waals surface area contributed by atoms with Crippen LogP contribution in [0.5, 0.6) is 5.75 Å². The van der Waals surface area contributed by atoms with Crippen LogP contribution in [0.25, 0.3) is 11.0 Å². The number of hydrogen-bond acceptors (Lipinski definition) is 4. The highest BCUT2D eigenvalue weighted by Gasteiger charge is 2.22. The average Bonchev–Trinajstić information content (AvgIpc) is 3.42. The van der Waals surface area contributed by atoms with Crippen LogP contribution in [0.15, 0.2) is 60.0 Å². The van der Waals surface area contributed by atoms with Gasteiger partial charge in [-0.3, -0.25) is 0 Å². The van der Waals surface area contributed by atoms with Crippen molar-refractivity contribution in [3.8, 4) is 5.75 Å². The van der Waals surface area contributed by atoms with Gasteiger partial charge in [0.05, 0.1) is 24.7 Å². The Balaban J connectivity index is 1.21. The van der Waals surface area contributed by atoms with Crippen molar-refractivity contribution in [1.29, 1.82) is 0 Å². The van der Waals surface area contributed by atoms with E-state index < -0.39 is 0 Å². The minimum absolute atomic E-state index is 0.710. The van der Waals surface area contributed by atoms with Crippen molar-refractivity contribution in [3.05, 3.63) is 81.8 Å². The maximum absolute atomic E-state index is 5.27. The van der Waals surface area contributed by atoms with E-state index in [1.165, 1.54) is 53.3 Å². The number of piperidine rings is 1. The fraction of sp³-hybridized carbons (Fsp3) is 0.393. The molecule has 4 nitrogen and oxygen atoms in total.